The minimum Gasteiger partial charge on any atom is -0.352 e. The number of nitrogens with two attached hydrogens (primary N) is 1. The van der Waals surface area contributed by atoms with Crippen LogP contribution >= 0.6 is 11.3 Å². The molecule has 0 spiro atoms. The predicted molar refractivity (Wildman–Crippen MR) is 91.8 cm³/mol. The van der Waals surface area contributed by atoms with Crippen LogP contribution in [-0.2, 0) is 4.79 Å². The van der Waals surface area contributed by atoms with Gasteiger partial charge in [0.15, 0.2) is 0 Å². The lowest BCUT2D eigenvalue weighted by Gasteiger charge is -2.19. The summed E-state index contributed by atoms with van der Waals surface area (Å²) in [7, 11) is 0. The lowest BCUT2D eigenvalue weighted by atomic mass is 9.98. The molecular weight excluding hydrogens is 326 g/mol. The van der Waals surface area contributed by atoms with Gasteiger partial charge in [-0.3, -0.25) is 4.79 Å². The van der Waals surface area contributed by atoms with Crippen molar-refractivity contribution in [3.8, 4) is 0 Å². The summed E-state index contributed by atoms with van der Waals surface area (Å²) < 4.78 is 0. The molecule has 0 bridgehead atoms. The van der Waals surface area contributed by atoms with E-state index >= 15 is 0 Å². The Balaban J connectivity index is 1.68. The fraction of sp³-hybridized carbons (Fsp3) is 0.375. The Labute approximate surface area is 143 Å². The van der Waals surface area contributed by atoms with Crippen molar-refractivity contribution >= 4 is 28.4 Å². The maximum atomic E-state index is 12.3. The molecule has 0 saturated heterocycles. The van der Waals surface area contributed by atoms with Gasteiger partial charge < -0.3 is 16.4 Å². The number of benzene rings is 1. The molecule has 0 radical (unpaired) electrons. The van der Waals surface area contributed by atoms with Crippen molar-refractivity contribution in [1.29, 1.82) is 0 Å². The SMILES string of the molecule is Cc1ccccc1[C@H](CC(=O)Nc1nnc(C2CC2)s1)NC(N)=O. The maximum absolute atomic E-state index is 12.3. The summed E-state index contributed by atoms with van der Waals surface area (Å²) in [6.45, 7) is 1.93. The zero-order valence-electron chi connectivity index (χ0n) is 13.3. The summed E-state index contributed by atoms with van der Waals surface area (Å²) in [6, 6.07) is 6.42. The Bertz CT molecular complexity index is 756. The van der Waals surface area contributed by atoms with Crippen LogP contribution < -0.4 is 16.4 Å². The molecule has 3 amide bonds. The molecule has 1 fully saturated rings. The molecule has 8 heteroatoms. The molecule has 4 N–H and O–H groups in total. The first-order valence-electron chi connectivity index (χ1n) is 7.77. The van der Waals surface area contributed by atoms with Crippen molar-refractivity contribution < 1.29 is 9.59 Å². The van der Waals surface area contributed by atoms with Gasteiger partial charge in [0.25, 0.3) is 0 Å². The predicted octanol–water partition coefficient (Wildman–Crippen LogP) is 2.46. The highest BCUT2D eigenvalue weighted by atomic mass is 32.1. The number of amides is 3. The van der Waals surface area contributed by atoms with Crippen LogP contribution in [0.15, 0.2) is 24.3 Å². The van der Waals surface area contributed by atoms with Crippen molar-refractivity contribution in [2.45, 2.75) is 38.1 Å². The molecule has 1 aliphatic rings. The molecular formula is C16H19N5O2S. The van der Waals surface area contributed by atoms with Gasteiger partial charge in [-0.05, 0) is 30.9 Å². The molecule has 24 heavy (non-hydrogen) atoms. The van der Waals surface area contributed by atoms with Crippen molar-refractivity contribution in [3.63, 3.8) is 0 Å². The quantitative estimate of drug-likeness (QED) is 0.747. The number of urea groups is 1. The van der Waals surface area contributed by atoms with Crippen LogP contribution in [-0.4, -0.2) is 22.1 Å². The second-order valence-electron chi connectivity index (χ2n) is 5.89. The lowest BCUT2D eigenvalue weighted by Crippen LogP contribution is -2.35. The summed E-state index contributed by atoms with van der Waals surface area (Å²) in [6.07, 6.45) is 2.35. The summed E-state index contributed by atoms with van der Waals surface area (Å²) in [5.74, 6) is 0.264. The number of hydrogen-bond acceptors (Lipinski definition) is 5. The first kappa shape index (κ1) is 16.4. The molecule has 1 aromatic heterocycles. The highest BCUT2D eigenvalue weighted by Gasteiger charge is 2.28. The number of aromatic nitrogens is 2. The van der Waals surface area contributed by atoms with Crippen molar-refractivity contribution in [3.05, 3.63) is 40.4 Å². The van der Waals surface area contributed by atoms with E-state index in [9.17, 15) is 9.59 Å². The summed E-state index contributed by atoms with van der Waals surface area (Å²) in [5, 5.41) is 14.9. The standard InChI is InChI=1S/C16H19N5O2S/c1-9-4-2-3-5-11(9)12(18-15(17)23)8-13(22)19-16-21-20-14(24-16)10-6-7-10/h2-5,10,12H,6-8H2,1H3,(H3,17,18,23)(H,19,21,22)/t12-/m0/s1. The maximum Gasteiger partial charge on any atom is 0.312 e. The average molecular weight is 345 g/mol. The first-order chi connectivity index (χ1) is 11.5. The van der Waals surface area contributed by atoms with E-state index in [1.165, 1.54) is 11.3 Å². The fourth-order valence-corrected chi connectivity index (χ4v) is 3.45. The van der Waals surface area contributed by atoms with E-state index in [0.717, 1.165) is 29.0 Å². The highest BCUT2D eigenvalue weighted by molar-refractivity contribution is 7.15. The third-order valence-electron chi connectivity index (χ3n) is 3.88. The van der Waals surface area contributed by atoms with Crippen LogP contribution in [0.25, 0.3) is 0 Å². The number of nitrogens with one attached hydrogen (secondary N) is 2. The van der Waals surface area contributed by atoms with E-state index in [1.54, 1.807) is 0 Å². The van der Waals surface area contributed by atoms with E-state index in [2.05, 4.69) is 20.8 Å². The van der Waals surface area contributed by atoms with Crippen LogP contribution in [0.3, 0.4) is 0 Å². The van der Waals surface area contributed by atoms with E-state index < -0.39 is 12.1 Å². The van der Waals surface area contributed by atoms with Gasteiger partial charge in [0, 0.05) is 5.92 Å². The van der Waals surface area contributed by atoms with E-state index in [-0.39, 0.29) is 12.3 Å². The van der Waals surface area contributed by atoms with E-state index in [0.29, 0.717) is 11.0 Å². The number of carbonyl (C=O) groups excluding carboxylic acids is 2. The molecule has 7 nitrogen and oxygen atoms in total. The number of rotatable bonds is 6. The molecule has 126 valence electrons. The van der Waals surface area contributed by atoms with E-state index in [4.69, 9.17) is 5.73 Å². The second kappa shape index (κ2) is 6.96. The Hall–Kier alpha value is -2.48. The fourth-order valence-electron chi connectivity index (χ4n) is 2.52. The van der Waals surface area contributed by atoms with Crippen LogP contribution in [0.5, 0.6) is 0 Å². The first-order valence-corrected chi connectivity index (χ1v) is 8.59. The highest BCUT2D eigenvalue weighted by Crippen LogP contribution is 2.42. The van der Waals surface area contributed by atoms with Gasteiger partial charge in [-0.25, -0.2) is 4.79 Å². The van der Waals surface area contributed by atoms with Gasteiger partial charge in [-0.15, -0.1) is 10.2 Å². The van der Waals surface area contributed by atoms with Gasteiger partial charge in [0.2, 0.25) is 11.0 Å². The number of anilines is 1. The smallest absolute Gasteiger partial charge is 0.312 e. The van der Waals surface area contributed by atoms with Crippen LogP contribution in [0, 0.1) is 6.92 Å². The number of primary amides is 1. The minimum atomic E-state index is -0.664. The molecule has 3 rings (SSSR count). The number of nitrogens with zero attached hydrogens (tertiary/aromatic N) is 2. The summed E-state index contributed by atoms with van der Waals surface area (Å²) in [5.41, 5.74) is 7.10. The van der Waals surface area contributed by atoms with Gasteiger partial charge >= 0.3 is 6.03 Å². The average Bonchev–Trinajstić information content (AvgIpc) is 3.27. The molecule has 1 atom stereocenters. The number of carbonyl (C=O) groups is 2. The van der Waals surface area contributed by atoms with Crippen molar-refractivity contribution in [1.82, 2.24) is 15.5 Å². The van der Waals surface area contributed by atoms with Crippen LogP contribution in [0.2, 0.25) is 0 Å². The Morgan fingerprint density at radius 3 is 2.75 bits per heavy atom. The number of aryl methyl sites for hydroxylation is 1. The molecule has 1 heterocycles. The molecule has 1 aliphatic carbocycles. The third kappa shape index (κ3) is 4.08. The third-order valence-corrected chi connectivity index (χ3v) is 4.88. The molecule has 0 unspecified atom stereocenters. The minimum absolute atomic E-state index is 0.0755. The summed E-state index contributed by atoms with van der Waals surface area (Å²) >= 11 is 1.41. The topological polar surface area (TPSA) is 110 Å². The lowest BCUT2D eigenvalue weighted by molar-refractivity contribution is -0.116. The molecule has 2 aromatic rings. The van der Waals surface area contributed by atoms with Crippen LogP contribution in [0.4, 0.5) is 9.93 Å². The zero-order valence-corrected chi connectivity index (χ0v) is 14.1. The van der Waals surface area contributed by atoms with Crippen molar-refractivity contribution in [2.24, 2.45) is 5.73 Å². The van der Waals surface area contributed by atoms with Gasteiger partial charge in [0.05, 0.1) is 12.5 Å². The zero-order chi connectivity index (χ0) is 17.1. The van der Waals surface area contributed by atoms with Crippen LogP contribution in [0.1, 0.15) is 47.4 Å². The molecule has 1 saturated carbocycles. The Morgan fingerprint density at radius 2 is 2.08 bits per heavy atom. The van der Waals surface area contributed by atoms with E-state index in [1.807, 2.05) is 31.2 Å². The molecule has 1 aromatic carbocycles. The van der Waals surface area contributed by atoms with Crippen molar-refractivity contribution in [2.75, 3.05) is 5.32 Å². The van der Waals surface area contributed by atoms with Gasteiger partial charge in [-0.2, -0.15) is 0 Å². The normalized spacial score (nSPS) is 14.9. The second-order valence-corrected chi connectivity index (χ2v) is 6.90. The van der Waals surface area contributed by atoms with Gasteiger partial charge in [0.1, 0.15) is 5.01 Å². The number of hydrogen-bond donors (Lipinski definition) is 3. The largest absolute Gasteiger partial charge is 0.352 e. The summed E-state index contributed by atoms with van der Waals surface area (Å²) in [4.78, 5) is 23.6. The monoisotopic (exact) mass is 345 g/mol. The Morgan fingerprint density at radius 1 is 1.33 bits per heavy atom. The Kier molecular flexibility index (Phi) is 4.75. The van der Waals surface area contributed by atoms with Gasteiger partial charge in [-0.1, -0.05) is 35.6 Å². The molecule has 0 aliphatic heterocycles.